The van der Waals surface area contributed by atoms with Gasteiger partial charge in [0.1, 0.15) is 17.1 Å². The summed E-state index contributed by atoms with van der Waals surface area (Å²) < 4.78 is 46.7. The molecule has 8 nitrogen and oxygen atoms in total. The smallest absolute Gasteiger partial charge is 0.282 e. The molecule has 10 heteroatoms. The van der Waals surface area contributed by atoms with E-state index in [0.717, 1.165) is 0 Å². The van der Waals surface area contributed by atoms with Gasteiger partial charge < -0.3 is 10.1 Å². The predicted octanol–water partition coefficient (Wildman–Crippen LogP) is 2.60. The summed E-state index contributed by atoms with van der Waals surface area (Å²) in [6.45, 7) is 1.43. The van der Waals surface area contributed by atoms with E-state index in [2.05, 4.69) is 20.2 Å². The first-order chi connectivity index (χ1) is 13.8. The van der Waals surface area contributed by atoms with Crippen LogP contribution in [0.2, 0.25) is 0 Å². The molecule has 3 N–H and O–H groups in total. The number of nitrogens with zero attached hydrogens (tertiary/aromatic N) is 1. The number of aryl methyl sites for hydroxylation is 1. The predicted molar refractivity (Wildman–Crippen MR) is 105 cm³/mol. The molecule has 1 amide bonds. The maximum absolute atomic E-state index is 13.7. The molecule has 0 aliphatic heterocycles. The third-order valence-electron chi connectivity index (χ3n) is 4.14. The average Bonchev–Trinajstić information content (AvgIpc) is 3.10. The highest BCUT2D eigenvalue weighted by molar-refractivity contribution is 7.92. The molecular formula is C19H19FN4O4S. The van der Waals surface area contributed by atoms with Crippen molar-refractivity contribution in [1.29, 1.82) is 0 Å². The molecule has 3 rings (SSSR count). The third-order valence-corrected chi connectivity index (χ3v) is 5.44. The minimum Gasteiger partial charge on any atom is -0.497 e. The van der Waals surface area contributed by atoms with Crippen LogP contribution in [0.4, 0.5) is 10.1 Å². The lowest BCUT2D eigenvalue weighted by Gasteiger charge is -2.10. The van der Waals surface area contributed by atoms with Crippen LogP contribution in [-0.2, 0) is 16.6 Å². The number of benzene rings is 2. The van der Waals surface area contributed by atoms with Gasteiger partial charge in [-0.2, -0.15) is 13.5 Å². The van der Waals surface area contributed by atoms with Crippen LogP contribution in [0.3, 0.4) is 0 Å². The summed E-state index contributed by atoms with van der Waals surface area (Å²) in [7, 11) is -2.65. The Labute approximate surface area is 167 Å². The SMILES string of the molecule is COc1ccc(NS(=O)(=O)c2n[nH]c(C)c2C(=O)NCc2ccccc2F)cc1. The summed E-state index contributed by atoms with van der Waals surface area (Å²) in [4.78, 5) is 12.6. The Kier molecular flexibility index (Phi) is 5.83. The zero-order valence-corrected chi connectivity index (χ0v) is 16.5. The fourth-order valence-corrected chi connectivity index (χ4v) is 3.86. The zero-order valence-electron chi connectivity index (χ0n) is 15.7. The van der Waals surface area contributed by atoms with Crippen molar-refractivity contribution in [1.82, 2.24) is 15.5 Å². The highest BCUT2D eigenvalue weighted by Crippen LogP contribution is 2.22. The Morgan fingerprint density at radius 2 is 1.86 bits per heavy atom. The van der Waals surface area contributed by atoms with Gasteiger partial charge in [-0.15, -0.1) is 0 Å². The molecule has 3 aromatic rings. The number of ether oxygens (including phenoxy) is 1. The van der Waals surface area contributed by atoms with E-state index < -0.39 is 26.8 Å². The van der Waals surface area contributed by atoms with Crippen molar-refractivity contribution in [3.05, 3.63) is 71.2 Å². The molecule has 1 aromatic heterocycles. The van der Waals surface area contributed by atoms with Crippen molar-refractivity contribution in [2.45, 2.75) is 18.5 Å². The van der Waals surface area contributed by atoms with E-state index in [0.29, 0.717) is 5.75 Å². The number of methoxy groups -OCH3 is 1. The molecule has 0 unspecified atom stereocenters. The van der Waals surface area contributed by atoms with Crippen molar-refractivity contribution < 1.29 is 22.3 Å². The second-order valence-electron chi connectivity index (χ2n) is 6.14. The van der Waals surface area contributed by atoms with E-state index in [-0.39, 0.29) is 29.1 Å². The first-order valence-corrected chi connectivity index (χ1v) is 10.0. The van der Waals surface area contributed by atoms with Crippen LogP contribution in [0.1, 0.15) is 21.6 Å². The van der Waals surface area contributed by atoms with E-state index in [4.69, 9.17) is 4.74 Å². The van der Waals surface area contributed by atoms with Gasteiger partial charge in [0.05, 0.1) is 7.11 Å². The normalized spacial score (nSPS) is 11.1. The second kappa shape index (κ2) is 8.31. The molecule has 152 valence electrons. The number of anilines is 1. The number of aromatic nitrogens is 2. The molecule has 0 atom stereocenters. The molecule has 1 heterocycles. The van der Waals surface area contributed by atoms with Gasteiger partial charge >= 0.3 is 0 Å². The maximum atomic E-state index is 13.7. The number of aromatic amines is 1. The highest BCUT2D eigenvalue weighted by Gasteiger charge is 2.28. The van der Waals surface area contributed by atoms with Crippen molar-refractivity contribution >= 4 is 21.6 Å². The number of hydrogen-bond donors (Lipinski definition) is 3. The van der Waals surface area contributed by atoms with Crippen LogP contribution in [0.15, 0.2) is 53.6 Å². The number of rotatable bonds is 7. The monoisotopic (exact) mass is 418 g/mol. The minimum absolute atomic E-state index is 0.0957. The van der Waals surface area contributed by atoms with E-state index in [1.54, 1.807) is 18.2 Å². The quantitative estimate of drug-likeness (QED) is 0.546. The van der Waals surface area contributed by atoms with Crippen LogP contribution in [0.25, 0.3) is 0 Å². The van der Waals surface area contributed by atoms with Crippen molar-refractivity contribution in [3.63, 3.8) is 0 Å². The van der Waals surface area contributed by atoms with Crippen molar-refractivity contribution in [2.75, 3.05) is 11.8 Å². The highest BCUT2D eigenvalue weighted by atomic mass is 32.2. The third kappa shape index (κ3) is 4.54. The van der Waals surface area contributed by atoms with Gasteiger partial charge in [0.2, 0.25) is 5.03 Å². The fraction of sp³-hybridized carbons (Fsp3) is 0.158. The van der Waals surface area contributed by atoms with Crippen LogP contribution in [0, 0.1) is 12.7 Å². The van der Waals surface area contributed by atoms with Gasteiger partial charge in [0.15, 0.2) is 0 Å². The molecular weight excluding hydrogens is 399 g/mol. The topological polar surface area (TPSA) is 113 Å². The molecule has 0 aliphatic rings. The Bertz CT molecular complexity index is 1130. The molecule has 0 spiro atoms. The summed E-state index contributed by atoms with van der Waals surface area (Å²) in [6.07, 6.45) is 0. The number of sulfonamides is 1. The number of carbonyl (C=O) groups excluding carboxylic acids is 1. The first kappa shape index (κ1) is 20.3. The number of amides is 1. The first-order valence-electron chi connectivity index (χ1n) is 8.55. The Morgan fingerprint density at radius 1 is 1.17 bits per heavy atom. The Balaban J connectivity index is 1.81. The van der Waals surface area contributed by atoms with Gasteiger partial charge in [-0.1, -0.05) is 18.2 Å². The number of hydrogen-bond acceptors (Lipinski definition) is 5. The van der Waals surface area contributed by atoms with Crippen molar-refractivity contribution in [2.24, 2.45) is 0 Å². The molecule has 29 heavy (non-hydrogen) atoms. The Hall–Kier alpha value is -3.40. The lowest BCUT2D eigenvalue weighted by molar-refractivity contribution is 0.0946. The lowest BCUT2D eigenvalue weighted by Crippen LogP contribution is -2.26. The molecule has 0 fully saturated rings. The van der Waals surface area contributed by atoms with E-state index in [9.17, 15) is 17.6 Å². The number of carbonyl (C=O) groups is 1. The summed E-state index contributed by atoms with van der Waals surface area (Å²) in [5.74, 6) is -0.586. The largest absolute Gasteiger partial charge is 0.497 e. The van der Waals surface area contributed by atoms with Gasteiger partial charge in [-0.3, -0.25) is 14.6 Å². The number of H-pyrrole nitrogens is 1. The molecule has 0 saturated heterocycles. The minimum atomic E-state index is -4.15. The summed E-state index contributed by atoms with van der Waals surface area (Å²) in [5.41, 5.74) is 0.695. The van der Waals surface area contributed by atoms with E-state index in [1.165, 1.54) is 44.4 Å². The summed E-state index contributed by atoms with van der Waals surface area (Å²) in [5, 5.41) is 8.37. The van der Waals surface area contributed by atoms with Crippen LogP contribution in [-0.4, -0.2) is 31.6 Å². The standard InChI is InChI=1S/C19H19FN4O4S/c1-12-17(18(25)21-11-13-5-3-4-6-16(13)20)19(23-22-12)29(26,27)24-14-7-9-15(28-2)10-8-14/h3-10,24H,11H2,1-2H3,(H,21,25)(H,22,23). The zero-order chi connectivity index (χ0) is 21.0. The summed E-state index contributed by atoms with van der Waals surface area (Å²) >= 11 is 0. The van der Waals surface area contributed by atoms with Gasteiger partial charge in [-0.25, -0.2) is 4.39 Å². The molecule has 0 radical (unpaired) electrons. The second-order valence-corrected chi connectivity index (χ2v) is 7.73. The lowest BCUT2D eigenvalue weighted by atomic mass is 10.2. The summed E-state index contributed by atoms with van der Waals surface area (Å²) in [6, 6.07) is 12.2. The Morgan fingerprint density at radius 3 is 2.52 bits per heavy atom. The van der Waals surface area contributed by atoms with E-state index >= 15 is 0 Å². The molecule has 2 aromatic carbocycles. The van der Waals surface area contributed by atoms with Crippen molar-refractivity contribution in [3.8, 4) is 5.75 Å². The van der Waals surface area contributed by atoms with Crippen LogP contribution >= 0.6 is 0 Å². The molecule has 0 aliphatic carbocycles. The molecule has 0 saturated carbocycles. The average molecular weight is 418 g/mol. The van der Waals surface area contributed by atoms with Gasteiger partial charge in [-0.05, 0) is 37.3 Å². The van der Waals surface area contributed by atoms with Crippen LogP contribution in [0.5, 0.6) is 5.75 Å². The van der Waals surface area contributed by atoms with Gasteiger partial charge in [0, 0.05) is 23.5 Å². The molecule has 0 bridgehead atoms. The number of halogens is 1. The number of nitrogens with one attached hydrogen (secondary N) is 3. The van der Waals surface area contributed by atoms with Crippen LogP contribution < -0.4 is 14.8 Å². The van der Waals surface area contributed by atoms with E-state index in [1.807, 2.05) is 0 Å². The fourth-order valence-electron chi connectivity index (χ4n) is 2.64. The maximum Gasteiger partial charge on any atom is 0.282 e. The van der Waals surface area contributed by atoms with Gasteiger partial charge in [0.25, 0.3) is 15.9 Å².